The fourth-order valence-corrected chi connectivity index (χ4v) is 11.1. The van der Waals surface area contributed by atoms with Crippen molar-refractivity contribution in [3.05, 3.63) is 0 Å². The number of carbonyl (C=O) groups is 3. The molecule has 87 heavy (non-hydrogen) atoms. The van der Waals surface area contributed by atoms with E-state index in [1.807, 2.05) is 0 Å². The Kier molecular flexibility index (Phi) is 25.6. The van der Waals surface area contributed by atoms with Crippen molar-refractivity contribution in [3.8, 4) is 0 Å². The molecule has 0 radical (unpaired) electrons. The standard InChI is InChI=1S/C48H81N3O36/c1-11(58)49-21-30(67)37(18(8-56)76-42(21)74)84-46-36(73)39(28(65)20(82-46)10-75-47-40(33(70)26(63)16(6-54)79-47)86-43-22(50-12(2)59)29(66)24(61)14(4-52)77-43)85-48-41(34(71)27(64)17(7-55)80-48)87-44-23(51-13(3)60)31(68)38(19(9-57)81-44)83-45-35(72)32(69)25(62)15(5-53)78-45/h14-48,52-57,61-74H,4-10H2,1-3H3,(H,49,58)(H,50,59)(H,51,60)/t14-,15-,16-,17-,18-,19-,20-,21-,22-,23-,24-,25+,26-,27-,28-,29-,30-,31-,32+,33+,34+,35-,36+,37-,38-,39+,40+,41+,42?,43+,44+,45+,46+,47+,48-/m1/s1. The Morgan fingerprint density at radius 3 is 1.11 bits per heavy atom. The number of rotatable bonds is 22. The first-order valence-corrected chi connectivity index (χ1v) is 27.6. The zero-order chi connectivity index (χ0) is 64.2. The number of carbonyl (C=O) groups excluding carboxylic acids is 3. The van der Waals surface area contributed by atoms with E-state index < -0.39 is 279 Å². The first kappa shape index (κ1) is 71.5. The fraction of sp³-hybridized carbons (Fsp3) is 0.938. The minimum absolute atomic E-state index is 0.797. The van der Waals surface area contributed by atoms with E-state index >= 15 is 0 Å². The smallest absolute Gasteiger partial charge is 0.217 e. The quantitative estimate of drug-likeness (QED) is 0.0479. The highest BCUT2D eigenvalue weighted by Crippen LogP contribution is 2.38. The second-order valence-corrected chi connectivity index (χ2v) is 21.8. The highest BCUT2D eigenvalue weighted by atomic mass is 16.8. The Labute approximate surface area is 492 Å². The van der Waals surface area contributed by atoms with Crippen LogP contribution in [-0.4, -0.2) is 381 Å². The molecule has 7 heterocycles. The summed E-state index contributed by atoms with van der Waals surface area (Å²) >= 11 is 0. The summed E-state index contributed by atoms with van der Waals surface area (Å²) in [6, 6.07) is -5.21. The summed E-state index contributed by atoms with van der Waals surface area (Å²) in [6.45, 7) is -4.10. The predicted octanol–water partition coefficient (Wildman–Crippen LogP) is -15.8. The minimum atomic E-state index is -2.40. The third-order valence-corrected chi connectivity index (χ3v) is 15.7. The molecule has 0 aromatic carbocycles. The average molecular weight is 1280 g/mol. The van der Waals surface area contributed by atoms with E-state index in [-0.39, 0.29) is 0 Å². The minimum Gasteiger partial charge on any atom is -0.394 e. The summed E-state index contributed by atoms with van der Waals surface area (Å²) in [6.07, 6.45) is -63.8. The zero-order valence-corrected chi connectivity index (χ0v) is 46.6. The van der Waals surface area contributed by atoms with Crippen LogP contribution in [0.15, 0.2) is 0 Å². The molecule has 39 heteroatoms. The van der Waals surface area contributed by atoms with Gasteiger partial charge in [-0.3, -0.25) is 14.4 Å². The number of ether oxygens (including phenoxy) is 13. The van der Waals surface area contributed by atoms with Crippen LogP contribution in [-0.2, 0) is 76.0 Å². The van der Waals surface area contributed by atoms with Crippen LogP contribution in [0.1, 0.15) is 20.8 Å². The van der Waals surface area contributed by atoms with Crippen LogP contribution in [0.2, 0.25) is 0 Å². The van der Waals surface area contributed by atoms with Crippen LogP contribution in [0.3, 0.4) is 0 Å². The molecule has 0 aromatic heterocycles. The number of nitrogens with one attached hydrogen (secondary N) is 3. The van der Waals surface area contributed by atoms with E-state index in [1.54, 1.807) is 0 Å². The van der Waals surface area contributed by atoms with E-state index in [0.29, 0.717) is 0 Å². The van der Waals surface area contributed by atoms with E-state index in [2.05, 4.69) is 16.0 Å². The maximum absolute atomic E-state index is 12.7. The SMILES string of the molecule is CC(=O)N[C@H]1[C@H](O[C@@H]2[C@@H](O[C@@H]3[C@H](O)[C@H](O[C@H]4[C@H](O)[C@@H](NC(C)=O)C(O)O[C@@H]4CO)O[C@H](CO[C@H]4O[C@H](CO)[C@@H](O)[C@H](O)[C@@H]4O[C@@H]4O[C@H](CO)[C@@H](O)[C@H](O)[C@H]4NC(C)=O)[C@H]3O)O[C@H](CO)[C@@H](O)[C@@H]2O)O[C@H](CO)[C@@H](O[C@@H]2O[C@H](CO)[C@H](O)[C@H](O)[C@H]2O)[C@@H]1O. The molecule has 7 saturated heterocycles. The molecule has 504 valence electrons. The number of aliphatic hydroxyl groups excluding tert-OH is 20. The molecule has 3 amide bonds. The van der Waals surface area contributed by atoms with Gasteiger partial charge in [0.05, 0.1) is 46.2 Å². The van der Waals surface area contributed by atoms with Crippen LogP contribution in [0.5, 0.6) is 0 Å². The van der Waals surface area contributed by atoms with Crippen molar-refractivity contribution in [1.82, 2.24) is 16.0 Å². The van der Waals surface area contributed by atoms with Crippen molar-refractivity contribution in [3.63, 3.8) is 0 Å². The second-order valence-electron chi connectivity index (χ2n) is 21.8. The molecular formula is C48H81N3O36. The van der Waals surface area contributed by atoms with Crippen molar-refractivity contribution in [2.45, 2.75) is 236 Å². The van der Waals surface area contributed by atoms with Gasteiger partial charge in [0.2, 0.25) is 17.7 Å². The number of aliphatic hydroxyl groups is 20. The summed E-state index contributed by atoms with van der Waals surface area (Å²) in [5, 5.41) is 225. The van der Waals surface area contributed by atoms with Crippen LogP contribution in [0.4, 0.5) is 0 Å². The Morgan fingerprint density at radius 2 is 0.632 bits per heavy atom. The highest BCUT2D eigenvalue weighted by Gasteiger charge is 2.59. The van der Waals surface area contributed by atoms with Crippen molar-refractivity contribution < 1.29 is 178 Å². The van der Waals surface area contributed by atoms with Crippen molar-refractivity contribution >= 4 is 17.7 Å². The Balaban J connectivity index is 1.22. The van der Waals surface area contributed by atoms with Gasteiger partial charge in [-0.15, -0.1) is 0 Å². The van der Waals surface area contributed by atoms with Gasteiger partial charge in [0.15, 0.2) is 44.0 Å². The van der Waals surface area contributed by atoms with Crippen LogP contribution in [0.25, 0.3) is 0 Å². The zero-order valence-electron chi connectivity index (χ0n) is 46.6. The van der Waals surface area contributed by atoms with Gasteiger partial charge in [0.25, 0.3) is 0 Å². The predicted molar refractivity (Wildman–Crippen MR) is 267 cm³/mol. The van der Waals surface area contributed by atoms with Gasteiger partial charge in [-0.2, -0.15) is 0 Å². The normalized spacial score (nSPS) is 48.9. The molecule has 0 aromatic rings. The molecule has 0 bridgehead atoms. The molecular weight excluding hydrogens is 1190 g/mol. The summed E-state index contributed by atoms with van der Waals surface area (Å²) < 4.78 is 75.9. The molecule has 0 saturated carbocycles. The molecule has 7 fully saturated rings. The molecule has 1 unspecified atom stereocenters. The van der Waals surface area contributed by atoms with E-state index in [4.69, 9.17) is 61.6 Å². The maximum Gasteiger partial charge on any atom is 0.217 e. The number of hydrogen-bond donors (Lipinski definition) is 23. The maximum atomic E-state index is 12.7. The monoisotopic (exact) mass is 1280 g/mol. The molecule has 35 atom stereocenters. The van der Waals surface area contributed by atoms with Crippen LogP contribution in [0, 0.1) is 0 Å². The fourth-order valence-electron chi connectivity index (χ4n) is 11.1. The first-order chi connectivity index (χ1) is 41.1. The van der Waals surface area contributed by atoms with Gasteiger partial charge in [0, 0.05) is 20.8 Å². The van der Waals surface area contributed by atoms with Gasteiger partial charge in [-0.05, 0) is 0 Å². The van der Waals surface area contributed by atoms with E-state index in [9.17, 15) is 117 Å². The molecule has 7 rings (SSSR count). The summed E-state index contributed by atoms with van der Waals surface area (Å²) in [4.78, 5) is 37.1. The van der Waals surface area contributed by atoms with Crippen LogP contribution < -0.4 is 16.0 Å². The summed E-state index contributed by atoms with van der Waals surface area (Å²) in [5.41, 5.74) is 0. The third kappa shape index (κ3) is 15.8. The first-order valence-electron chi connectivity index (χ1n) is 27.6. The number of amides is 3. The molecule has 0 spiro atoms. The largest absolute Gasteiger partial charge is 0.394 e. The lowest BCUT2D eigenvalue weighted by atomic mass is 9.94. The van der Waals surface area contributed by atoms with E-state index in [1.165, 1.54) is 0 Å². The lowest BCUT2D eigenvalue weighted by Crippen LogP contribution is -2.70. The van der Waals surface area contributed by atoms with Gasteiger partial charge < -0.3 is 180 Å². The van der Waals surface area contributed by atoms with Crippen molar-refractivity contribution in [1.29, 1.82) is 0 Å². The van der Waals surface area contributed by atoms with Gasteiger partial charge in [0.1, 0.15) is 171 Å². The van der Waals surface area contributed by atoms with Crippen molar-refractivity contribution in [2.24, 2.45) is 0 Å². The number of hydrogen-bond acceptors (Lipinski definition) is 36. The molecule has 23 N–H and O–H groups in total. The van der Waals surface area contributed by atoms with Crippen LogP contribution >= 0.6 is 0 Å². The van der Waals surface area contributed by atoms with E-state index in [0.717, 1.165) is 20.8 Å². The lowest BCUT2D eigenvalue weighted by Gasteiger charge is -2.51. The summed E-state index contributed by atoms with van der Waals surface area (Å²) in [5.74, 6) is -2.50. The Bertz CT molecular complexity index is 2190. The molecule has 7 aliphatic rings. The molecule has 7 aliphatic heterocycles. The van der Waals surface area contributed by atoms with Gasteiger partial charge in [-0.25, -0.2) is 0 Å². The van der Waals surface area contributed by atoms with Crippen molar-refractivity contribution in [2.75, 3.05) is 46.2 Å². The Hall–Kier alpha value is -2.91. The Morgan fingerprint density at radius 1 is 0.299 bits per heavy atom. The molecule has 0 aliphatic carbocycles. The summed E-state index contributed by atoms with van der Waals surface area (Å²) in [7, 11) is 0. The molecule has 39 nitrogen and oxygen atoms in total. The lowest BCUT2D eigenvalue weighted by molar-refractivity contribution is -0.397. The van der Waals surface area contributed by atoms with Gasteiger partial charge in [-0.1, -0.05) is 0 Å². The third-order valence-electron chi connectivity index (χ3n) is 15.7. The highest BCUT2D eigenvalue weighted by molar-refractivity contribution is 5.74. The van der Waals surface area contributed by atoms with Gasteiger partial charge >= 0.3 is 0 Å². The second kappa shape index (κ2) is 31.1. The average Bonchev–Trinajstić information content (AvgIpc) is 2.81. The topological polar surface area (TPSA) is 612 Å².